The van der Waals surface area contributed by atoms with E-state index in [0.29, 0.717) is 0 Å². The summed E-state index contributed by atoms with van der Waals surface area (Å²) in [6, 6.07) is 16.4. The maximum atomic E-state index is 4.62. The summed E-state index contributed by atoms with van der Waals surface area (Å²) in [5, 5.41) is 0. The van der Waals surface area contributed by atoms with Gasteiger partial charge in [0.15, 0.2) is 0 Å². The second-order valence-electron chi connectivity index (χ2n) is 5.91. The van der Waals surface area contributed by atoms with E-state index in [9.17, 15) is 0 Å². The number of H-pyrrole nitrogens is 2. The van der Waals surface area contributed by atoms with Crippen LogP contribution in [0, 0.1) is 37.7 Å². The van der Waals surface area contributed by atoms with E-state index < -0.39 is 0 Å². The Labute approximate surface area is 174 Å². The molecule has 0 atom stereocenters. The Kier molecular flexibility index (Phi) is 4.34. The SMILES string of the molecule is C1=Cc2cc3ccc(cc4ccc(cc5nc(cc1n2)C=C5)[nH]4)[nH]3.[Ar]. The number of hydrogen-bond acceptors (Lipinski definition) is 2. The average molecular weight is 350 g/mol. The van der Waals surface area contributed by atoms with E-state index in [1.807, 2.05) is 42.5 Å². The molecule has 0 amide bonds. The molecule has 0 fully saturated rings. The third-order valence-electron chi connectivity index (χ3n) is 4.04. The Morgan fingerprint density at radius 3 is 1.28 bits per heavy atom. The molecule has 2 aliphatic heterocycles. The standard InChI is InChI=1S/C20H14N4.Ar/c1-2-14-10-16-5-6-18(23-16)12-20-8-7-19(24-20)11-17-4-3-15(22-17)9-13(1)21-14;/h1-12,21-22H;. The summed E-state index contributed by atoms with van der Waals surface area (Å²) in [5.41, 5.74) is 7.86. The third kappa shape index (κ3) is 3.47. The summed E-state index contributed by atoms with van der Waals surface area (Å²) in [5.74, 6) is 0. The van der Waals surface area contributed by atoms with Crippen LogP contribution in [0.1, 0.15) is 22.8 Å². The van der Waals surface area contributed by atoms with Crippen LogP contribution in [0.4, 0.5) is 0 Å². The number of nitrogens with zero attached hydrogens (tertiary/aromatic N) is 2. The number of aromatic nitrogens is 4. The molecular formula is C20H14ArN4. The van der Waals surface area contributed by atoms with Crippen LogP contribution in [0.25, 0.3) is 46.4 Å². The molecule has 5 heteroatoms. The van der Waals surface area contributed by atoms with Gasteiger partial charge in [-0.25, -0.2) is 9.97 Å². The van der Waals surface area contributed by atoms with Crippen molar-refractivity contribution >= 4 is 46.4 Å². The molecule has 2 N–H and O–H groups in total. The molecule has 5 heterocycles. The zero-order valence-corrected chi connectivity index (χ0v) is 13.9. The number of nitrogens with one attached hydrogen (secondary N) is 2. The van der Waals surface area contributed by atoms with Gasteiger partial charge in [-0.15, -0.1) is 0 Å². The minimum atomic E-state index is 0. The average Bonchev–Trinajstić information content (AvgIpc) is 3.32. The van der Waals surface area contributed by atoms with Crippen LogP contribution in [0.15, 0.2) is 48.5 Å². The molecule has 0 unspecified atom stereocenters. The number of aromatic amines is 2. The molecule has 0 aromatic carbocycles. The molecule has 5 rings (SSSR count). The summed E-state index contributed by atoms with van der Waals surface area (Å²) in [6.07, 6.45) is 8.05. The Balaban J connectivity index is 0.00000157. The van der Waals surface area contributed by atoms with Gasteiger partial charge in [0.1, 0.15) is 0 Å². The topological polar surface area (TPSA) is 57.4 Å². The first-order chi connectivity index (χ1) is 11.8. The van der Waals surface area contributed by atoms with Crippen LogP contribution in [0.2, 0.25) is 0 Å². The monoisotopic (exact) mass is 350 g/mol. The third-order valence-corrected chi connectivity index (χ3v) is 4.04. The van der Waals surface area contributed by atoms with E-state index in [1.54, 1.807) is 0 Å². The second kappa shape index (κ2) is 6.64. The summed E-state index contributed by atoms with van der Waals surface area (Å²) in [7, 11) is 0. The van der Waals surface area contributed by atoms with Crippen molar-refractivity contribution in [3.63, 3.8) is 0 Å². The van der Waals surface area contributed by atoms with Crippen molar-refractivity contribution in [3.8, 4) is 0 Å². The van der Waals surface area contributed by atoms with Gasteiger partial charge in [0.25, 0.3) is 0 Å². The van der Waals surface area contributed by atoms with Gasteiger partial charge in [-0.3, -0.25) is 0 Å². The first-order valence-electron chi connectivity index (χ1n) is 7.85. The fourth-order valence-electron chi connectivity index (χ4n) is 2.94. The van der Waals surface area contributed by atoms with Crippen molar-refractivity contribution in [2.24, 2.45) is 0 Å². The first kappa shape index (κ1) is 16.3. The second-order valence-corrected chi connectivity index (χ2v) is 5.91. The summed E-state index contributed by atoms with van der Waals surface area (Å²) in [6.45, 7) is 0. The van der Waals surface area contributed by atoms with E-state index in [0.717, 1.165) is 44.8 Å². The van der Waals surface area contributed by atoms with Crippen molar-refractivity contribution in [3.05, 3.63) is 71.3 Å². The molecule has 0 aliphatic carbocycles. The van der Waals surface area contributed by atoms with Crippen molar-refractivity contribution in [1.29, 1.82) is 0 Å². The molecule has 0 saturated carbocycles. The van der Waals surface area contributed by atoms with Crippen molar-refractivity contribution in [2.45, 2.75) is 0 Å². The Hall–Kier alpha value is -2.14. The maximum Gasteiger partial charge on any atom is 0.0659 e. The Morgan fingerprint density at radius 2 is 0.840 bits per heavy atom. The van der Waals surface area contributed by atoms with Crippen LogP contribution < -0.4 is 0 Å². The zero-order valence-electron chi connectivity index (χ0n) is 13.2. The largest absolute Gasteiger partial charge is 0.355 e. The molecule has 0 radical (unpaired) electrons. The van der Waals surface area contributed by atoms with Gasteiger partial charge in [-0.05, 0) is 72.8 Å². The Bertz CT molecular complexity index is 1080. The molecule has 0 saturated heterocycles. The summed E-state index contributed by atoms with van der Waals surface area (Å²) in [4.78, 5) is 16.0. The molecule has 8 bridgehead atoms. The molecule has 0 spiro atoms. The molecule has 3 aromatic rings. The van der Waals surface area contributed by atoms with Gasteiger partial charge in [-0.2, -0.15) is 0 Å². The van der Waals surface area contributed by atoms with Crippen molar-refractivity contribution in [2.75, 3.05) is 0 Å². The normalized spacial score (nSPS) is 12.2. The van der Waals surface area contributed by atoms with E-state index in [4.69, 9.17) is 0 Å². The van der Waals surface area contributed by atoms with Gasteiger partial charge >= 0.3 is 0 Å². The molecule has 122 valence electrons. The van der Waals surface area contributed by atoms with Gasteiger partial charge in [0.2, 0.25) is 0 Å². The zero-order chi connectivity index (χ0) is 15.9. The van der Waals surface area contributed by atoms with Gasteiger partial charge in [0.05, 0.1) is 22.8 Å². The van der Waals surface area contributed by atoms with Gasteiger partial charge in [-0.1, -0.05) is 0 Å². The maximum absolute atomic E-state index is 4.62. The number of hydrogen-bond donors (Lipinski definition) is 2. The predicted molar refractivity (Wildman–Crippen MR) is 98.9 cm³/mol. The fourth-order valence-corrected chi connectivity index (χ4v) is 2.94. The van der Waals surface area contributed by atoms with Crippen LogP contribution in [-0.4, -0.2) is 19.9 Å². The Morgan fingerprint density at radius 1 is 0.480 bits per heavy atom. The van der Waals surface area contributed by atoms with Crippen molar-refractivity contribution < 1.29 is 37.7 Å². The molecule has 4 nitrogen and oxygen atoms in total. The molecule has 2 aliphatic rings. The van der Waals surface area contributed by atoms with Gasteiger partial charge < -0.3 is 9.97 Å². The van der Waals surface area contributed by atoms with Crippen LogP contribution >= 0.6 is 0 Å². The molecular weight excluding hydrogens is 336 g/mol. The van der Waals surface area contributed by atoms with Gasteiger partial charge in [0, 0.05) is 59.8 Å². The van der Waals surface area contributed by atoms with Crippen LogP contribution in [0.3, 0.4) is 0 Å². The van der Waals surface area contributed by atoms with E-state index in [-0.39, 0.29) is 37.7 Å². The smallest absolute Gasteiger partial charge is 0.0659 e. The number of fused-ring (bicyclic) bond motifs is 8. The fraction of sp³-hybridized carbons (Fsp3) is 0. The minimum Gasteiger partial charge on any atom is -0.355 e. The first-order valence-corrected chi connectivity index (χ1v) is 7.85. The van der Waals surface area contributed by atoms with Crippen LogP contribution in [-0.2, 0) is 0 Å². The van der Waals surface area contributed by atoms with E-state index >= 15 is 0 Å². The van der Waals surface area contributed by atoms with Crippen LogP contribution in [0.5, 0.6) is 0 Å². The number of rotatable bonds is 0. The van der Waals surface area contributed by atoms with E-state index in [2.05, 4.69) is 50.3 Å². The summed E-state index contributed by atoms with van der Waals surface area (Å²) >= 11 is 0. The quantitative estimate of drug-likeness (QED) is 0.427. The predicted octanol–water partition coefficient (Wildman–Crippen LogP) is 4.66. The van der Waals surface area contributed by atoms with E-state index in [1.165, 1.54) is 0 Å². The van der Waals surface area contributed by atoms with Crippen molar-refractivity contribution in [1.82, 2.24) is 19.9 Å². The molecule has 25 heavy (non-hydrogen) atoms. The minimum absolute atomic E-state index is 0. The summed E-state index contributed by atoms with van der Waals surface area (Å²) < 4.78 is 0. The molecule has 3 aromatic heterocycles.